The zero-order chi connectivity index (χ0) is 44.2. The van der Waals surface area contributed by atoms with Crippen molar-refractivity contribution in [1.29, 1.82) is 0 Å². The summed E-state index contributed by atoms with van der Waals surface area (Å²) < 4.78 is 47.5. The molecule has 0 radical (unpaired) electrons. The minimum atomic E-state index is -3.18. The highest BCUT2D eigenvalue weighted by molar-refractivity contribution is 6.08. The van der Waals surface area contributed by atoms with Crippen LogP contribution >= 0.6 is 0 Å². The number of hydrogen-bond acceptors (Lipinski definition) is 13. The number of aliphatic hydroxyl groups is 1. The summed E-state index contributed by atoms with van der Waals surface area (Å²) in [5.74, 6) is -5.78. The Bertz CT molecular complexity index is 1730. The Labute approximate surface area is 354 Å². The molecule has 3 fully saturated rings. The van der Waals surface area contributed by atoms with E-state index in [0.29, 0.717) is 38.9 Å². The van der Waals surface area contributed by atoms with Gasteiger partial charge >= 0.3 is 12.1 Å². The van der Waals surface area contributed by atoms with E-state index in [4.69, 9.17) is 23.7 Å². The lowest BCUT2D eigenvalue weighted by atomic mass is 9.73. The fraction of sp³-hybridized carbons (Fsp3) is 0.689. The summed E-state index contributed by atoms with van der Waals surface area (Å²) in [5.41, 5.74) is -0.600. The normalized spacial score (nSPS) is 38.4. The Kier molecular flexibility index (Phi) is 15.4. The zero-order valence-corrected chi connectivity index (χ0v) is 36.8. The Morgan fingerprint density at radius 2 is 1.73 bits per heavy atom. The predicted octanol–water partition coefficient (Wildman–Crippen LogP) is 5.14. The molecule has 15 heteroatoms. The summed E-state index contributed by atoms with van der Waals surface area (Å²) in [6.45, 7) is 18.3. The van der Waals surface area contributed by atoms with E-state index in [2.05, 4.69) is 34.5 Å². The highest BCUT2D eigenvalue weighted by Gasteiger charge is 2.61. The number of alkyl halides is 1. The number of cyclic esters (lactones) is 1. The number of hydrazine groups is 1. The third-order valence-electron chi connectivity index (χ3n) is 13.1. The number of methoxy groups -OCH3 is 1. The van der Waals surface area contributed by atoms with E-state index in [9.17, 15) is 24.3 Å². The van der Waals surface area contributed by atoms with Crippen LogP contribution in [0.25, 0.3) is 5.57 Å². The van der Waals surface area contributed by atoms with Crippen LogP contribution in [0, 0.1) is 17.8 Å². The number of ether oxygens (including phenoxy) is 5. The first kappa shape index (κ1) is 47.3. The van der Waals surface area contributed by atoms with Gasteiger partial charge in [0.15, 0.2) is 17.7 Å². The molecule has 13 atom stereocenters. The number of nitrogens with one attached hydrogen (secondary N) is 2. The van der Waals surface area contributed by atoms with Crippen LogP contribution in [0.5, 0.6) is 0 Å². The van der Waals surface area contributed by atoms with Crippen LogP contribution in [-0.2, 0) is 38.1 Å². The second-order valence-corrected chi connectivity index (χ2v) is 17.7. The minimum absolute atomic E-state index is 0.00377. The van der Waals surface area contributed by atoms with Crippen molar-refractivity contribution in [3.63, 3.8) is 0 Å². The number of fused-ring (bicyclic) bond motifs is 1. The van der Waals surface area contributed by atoms with Gasteiger partial charge < -0.3 is 44.4 Å². The highest BCUT2D eigenvalue weighted by atomic mass is 19.1. The van der Waals surface area contributed by atoms with Crippen molar-refractivity contribution in [2.24, 2.45) is 17.8 Å². The summed E-state index contributed by atoms with van der Waals surface area (Å²) in [5, 5.41) is 16.7. The molecule has 3 saturated heterocycles. The molecule has 4 aliphatic rings. The Morgan fingerprint density at radius 3 is 2.38 bits per heavy atom. The maximum Gasteiger partial charge on any atom is 0.410 e. The topological polar surface area (TPSA) is 165 Å². The lowest BCUT2D eigenvalue weighted by Gasteiger charge is -2.46. The summed E-state index contributed by atoms with van der Waals surface area (Å²) in [4.78, 5) is 58.3. The van der Waals surface area contributed by atoms with Crippen LogP contribution in [-0.4, -0.2) is 132 Å². The van der Waals surface area contributed by atoms with Crippen molar-refractivity contribution in [2.75, 3.05) is 33.3 Å². The number of nitrogens with zero attached hydrogens (tertiary/aromatic N) is 2. The van der Waals surface area contributed by atoms with Gasteiger partial charge in [-0.3, -0.25) is 9.59 Å². The van der Waals surface area contributed by atoms with Crippen LogP contribution < -0.4 is 10.7 Å². The fourth-order valence-corrected chi connectivity index (χ4v) is 9.68. The molecule has 0 aliphatic carbocycles. The van der Waals surface area contributed by atoms with Crippen LogP contribution in [0.2, 0.25) is 0 Å². The molecular weight excluding hydrogens is 776 g/mol. The number of carbonyl (C=O) groups excluding carboxylic acids is 4. The second-order valence-electron chi connectivity index (χ2n) is 17.7. The number of hydrogen-bond donors (Lipinski definition) is 3. The smallest absolute Gasteiger partial charge is 0.410 e. The molecule has 3 N–H and O–H groups in total. The predicted molar refractivity (Wildman–Crippen MR) is 223 cm³/mol. The van der Waals surface area contributed by atoms with Gasteiger partial charge in [0.2, 0.25) is 0 Å². The summed E-state index contributed by atoms with van der Waals surface area (Å²) in [7, 11) is 1.40. The Hall–Kier alpha value is -3.73. The van der Waals surface area contributed by atoms with Gasteiger partial charge in [-0.05, 0) is 70.9 Å². The van der Waals surface area contributed by atoms with E-state index in [1.54, 1.807) is 40.7 Å². The quantitative estimate of drug-likeness (QED) is 0.104. The third-order valence-corrected chi connectivity index (χ3v) is 13.1. The summed E-state index contributed by atoms with van der Waals surface area (Å²) in [6, 6.07) is 8.74. The highest BCUT2D eigenvalue weighted by Crippen LogP contribution is 2.43. The van der Waals surface area contributed by atoms with Crippen LogP contribution in [0.1, 0.15) is 93.1 Å². The molecule has 0 saturated carbocycles. The van der Waals surface area contributed by atoms with Crippen molar-refractivity contribution in [1.82, 2.24) is 20.7 Å². The number of halogens is 1. The van der Waals surface area contributed by atoms with Crippen molar-refractivity contribution in [2.45, 2.75) is 147 Å². The maximum absolute atomic E-state index is 16.9. The van der Waals surface area contributed by atoms with Crippen LogP contribution in [0.15, 0.2) is 49.2 Å². The summed E-state index contributed by atoms with van der Waals surface area (Å²) >= 11 is 0. The Morgan fingerprint density at radius 1 is 1.05 bits per heavy atom. The number of aliphatic hydroxyl groups excluding tert-OH is 1. The van der Waals surface area contributed by atoms with Gasteiger partial charge in [0, 0.05) is 63.3 Å². The van der Waals surface area contributed by atoms with Gasteiger partial charge in [0.1, 0.15) is 18.0 Å². The van der Waals surface area contributed by atoms with E-state index in [1.807, 2.05) is 31.3 Å². The average molecular weight is 843 g/mol. The fourth-order valence-electron chi connectivity index (χ4n) is 9.68. The average Bonchev–Trinajstić information content (AvgIpc) is 3.80. The molecule has 334 valence electrons. The van der Waals surface area contributed by atoms with Crippen molar-refractivity contribution in [3.05, 3.63) is 54.8 Å². The Balaban J connectivity index is 1.43. The monoisotopic (exact) mass is 842 g/mol. The first-order valence-corrected chi connectivity index (χ1v) is 21.4. The van der Waals surface area contributed by atoms with Crippen LogP contribution in [0.4, 0.5) is 9.18 Å². The first-order chi connectivity index (χ1) is 28.3. The number of unbranched alkanes of at least 4 members (excludes halogenated alkanes) is 1. The number of amides is 1. The van der Waals surface area contributed by atoms with Gasteiger partial charge in [-0.1, -0.05) is 64.1 Å². The van der Waals surface area contributed by atoms with E-state index in [0.717, 1.165) is 12.5 Å². The number of esters is 1. The maximum atomic E-state index is 16.9. The molecular formula is C45H67FN4O10. The molecule has 1 unspecified atom stereocenters. The third kappa shape index (κ3) is 9.81. The molecule has 5 rings (SSSR count). The van der Waals surface area contributed by atoms with Gasteiger partial charge in [-0.15, -0.1) is 6.58 Å². The van der Waals surface area contributed by atoms with Crippen molar-refractivity contribution in [3.8, 4) is 0 Å². The van der Waals surface area contributed by atoms with Crippen molar-refractivity contribution >= 4 is 29.2 Å². The number of ketones is 2. The van der Waals surface area contributed by atoms with E-state index in [-0.39, 0.29) is 31.3 Å². The second kappa shape index (κ2) is 19.5. The number of Topliss-reactive ketones (excluding diaryl/α,β-unsaturated/α-hetero) is 2. The number of benzene rings is 1. The van der Waals surface area contributed by atoms with E-state index >= 15 is 4.39 Å². The molecule has 1 aromatic carbocycles. The van der Waals surface area contributed by atoms with Crippen LogP contribution in [0.3, 0.4) is 0 Å². The first-order valence-electron chi connectivity index (χ1n) is 21.4. The summed E-state index contributed by atoms with van der Waals surface area (Å²) in [6.07, 6.45) is -0.596. The van der Waals surface area contributed by atoms with Gasteiger partial charge in [0.05, 0.1) is 23.9 Å². The molecule has 1 amide bonds. The minimum Gasteiger partial charge on any atom is -0.455 e. The van der Waals surface area contributed by atoms with Gasteiger partial charge in [-0.25, -0.2) is 19.0 Å². The lowest BCUT2D eigenvalue weighted by molar-refractivity contribution is -0.290. The SMILES string of the molecule is C=CCN[C@H]1C[C@@H](C)O[C@@H](O[C@@H]2[C@@H](C)C(=O)[C@](C)(F)C(=O)O[C@H](CC)[C@@]3(C)OC(=O)N(CCCCN4CC(c5ccccc5)=CN4)C3[C@@H](C)C(=O)[C@H](C)C[C@@]2(C)OC)[C@H]1O. The largest absolute Gasteiger partial charge is 0.455 e. The van der Waals surface area contributed by atoms with Gasteiger partial charge in [0.25, 0.3) is 5.67 Å². The molecule has 60 heavy (non-hydrogen) atoms. The number of carbonyl (C=O) groups is 4. The van der Waals surface area contributed by atoms with Crippen molar-refractivity contribution < 1.29 is 52.4 Å². The molecule has 1 aromatic rings. The molecule has 0 aromatic heterocycles. The lowest BCUT2D eigenvalue weighted by Crippen LogP contribution is -2.62. The number of rotatable bonds is 13. The van der Waals surface area contributed by atoms with E-state index in [1.165, 1.54) is 24.5 Å². The zero-order valence-electron chi connectivity index (χ0n) is 36.8. The standard InChI is InChI=1S/C45H67FN4O10/c1-11-20-47-33-23-28(4)57-40(36(33)52)59-39-30(6)38(53)44(8,46)41(54)58-34(12-2)45(9)37(29(5)35(51)27(3)24-43(39,7)56-10)50(42(55)60-45)22-17-16-21-49-26-32(25-48-49)31-18-14-13-15-19-31/h11,13-15,18-19,25,27-30,33-34,36-37,39-40,47-48,52H,1,12,16-17,20-24,26H2,2-10H3/t27-,28-,29+,30+,33+,34-,36+,37?,39-,40+,43-,44+,45-/m1/s1. The van der Waals surface area contributed by atoms with Gasteiger partial charge in [-0.2, -0.15) is 0 Å². The molecule has 4 aliphatic heterocycles. The molecule has 0 bridgehead atoms. The molecule has 4 heterocycles. The van der Waals surface area contributed by atoms with E-state index < -0.39 is 89.2 Å². The molecule has 0 spiro atoms. The molecule has 14 nitrogen and oxygen atoms in total.